The molecule has 0 saturated heterocycles. The van der Waals surface area contributed by atoms with Gasteiger partial charge in [-0.25, -0.2) is 4.98 Å². The maximum Gasteiger partial charge on any atom is 0.215 e. The summed E-state index contributed by atoms with van der Waals surface area (Å²) in [5.41, 5.74) is 1.07. The first-order valence-electron chi connectivity index (χ1n) is 3.71. The Balaban J connectivity index is 2.91. The van der Waals surface area contributed by atoms with Crippen LogP contribution in [0.25, 0.3) is 0 Å². The predicted octanol–water partition coefficient (Wildman–Crippen LogP) is 2.13. The Labute approximate surface area is 85.7 Å². The SMILES string of the molecule is CCNc1cc(OC)ncc1I. The van der Waals surface area contributed by atoms with Gasteiger partial charge in [0.1, 0.15) is 0 Å². The second-order valence-electron chi connectivity index (χ2n) is 2.24. The lowest BCUT2D eigenvalue weighted by Crippen LogP contribution is -2.00. The molecule has 0 radical (unpaired) electrons. The van der Waals surface area contributed by atoms with E-state index in [0.717, 1.165) is 15.8 Å². The van der Waals surface area contributed by atoms with Crippen molar-refractivity contribution in [1.82, 2.24) is 4.98 Å². The molecule has 0 aliphatic heterocycles. The van der Waals surface area contributed by atoms with Gasteiger partial charge in [0, 0.05) is 18.8 Å². The molecule has 1 aromatic heterocycles. The number of hydrogen-bond donors (Lipinski definition) is 1. The summed E-state index contributed by atoms with van der Waals surface area (Å²) >= 11 is 2.24. The van der Waals surface area contributed by atoms with Gasteiger partial charge in [-0.1, -0.05) is 0 Å². The van der Waals surface area contributed by atoms with E-state index >= 15 is 0 Å². The lowest BCUT2D eigenvalue weighted by atomic mass is 10.4. The van der Waals surface area contributed by atoms with Crippen LogP contribution in [-0.4, -0.2) is 18.6 Å². The number of methoxy groups -OCH3 is 1. The number of anilines is 1. The molecule has 1 N–H and O–H groups in total. The van der Waals surface area contributed by atoms with Crippen molar-refractivity contribution in [3.63, 3.8) is 0 Å². The summed E-state index contributed by atoms with van der Waals surface area (Å²) in [5, 5.41) is 3.22. The van der Waals surface area contributed by atoms with E-state index in [-0.39, 0.29) is 0 Å². The van der Waals surface area contributed by atoms with Crippen molar-refractivity contribution in [3.8, 4) is 5.88 Å². The molecular formula is C8H11IN2O. The fourth-order valence-corrected chi connectivity index (χ4v) is 1.34. The number of nitrogens with one attached hydrogen (secondary N) is 1. The van der Waals surface area contributed by atoms with Crippen molar-refractivity contribution >= 4 is 28.3 Å². The van der Waals surface area contributed by atoms with Crippen molar-refractivity contribution < 1.29 is 4.74 Å². The van der Waals surface area contributed by atoms with Gasteiger partial charge in [-0.3, -0.25) is 0 Å². The number of rotatable bonds is 3. The standard InChI is InChI=1S/C8H11IN2O/c1-3-10-7-4-8(12-2)11-5-6(7)9/h4-5H,3H2,1-2H3,(H,10,11). The minimum absolute atomic E-state index is 0.645. The third-order valence-electron chi connectivity index (χ3n) is 1.41. The molecule has 0 atom stereocenters. The van der Waals surface area contributed by atoms with Crippen LogP contribution in [0, 0.1) is 3.57 Å². The predicted molar refractivity (Wildman–Crippen MR) is 57.7 cm³/mol. The van der Waals surface area contributed by atoms with Crippen molar-refractivity contribution in [1.29, 1.82) is 0 Å². The summed E-state index contributed by atoms with van der Waals surface area (Å²) in [6.07, 6.45) is 1.79. The molecule has 0 saturated carbocycles. The van der Waals surface area contributed by atoms with E-state index < -0.39 is 0 Å². The zero-order chi connectivity index (χ0) is 8.97. The van der Waals surface area contributed by atoms with Gasteiger partial charge in [0.25, 0.3) is 0 Å². The molecule has 0 aliphatic rings. The van der Waals surface area contributed by atoms with Gasteiger partial charge < -0.3 is 10.1 Å². The first-order chi connectivity index (χ1) is 5.77. The Kier molecular flexibility index (Phi) is 3.58. The van der Waals surface area contributed by atoms with E-state index in [1.165, 1.54) is 0 Å². The van der Waals surface area contributed by atoms with Gasteiger partial charge in [0.15, 0.2) is 0 Å². The summed E-state index contributed by atoms with van der Waals surface area (Å²) in [6, 6.07) is 1.89. The molecule has 0 aromatic carbocycles. The molecular weight excluding hydrogens is 267 g/mol. The van der Waals surface area contributed by atoms with E-state index in [2.05, 4.69) is 39.8 Å². The molecule has 0 bridgehead atoms. The number of nitrogens with zero attached hydrogens (tertiary/aromatic N) is 1. The average molecular weight is 278 g/mol. The van der Waals surface area contributed by atoms with Crippen LogP contribution in [0.1, 0.15) is 6.92 Å². The highest BCUT2D eigenvalue weighted by Crippen LogP contribution is 2.20. The number of pyridine rings is 1. The maximum absolute atomic E-state index is 5.00. The largest absolute Gasteiger partial charge is 0.481 e. The van der Waals surface area contributed by atoms with Crippen LogP contribution in [0.4, 0.5) is 5.69 Å². The van der Waals surface area contributed by atoms with E-state index in [1.807, 2.05) is 6.07 Å². The quantitative estimate of drug-likeness (QED) is 0.860. The van der Waals surface area contributed by atoms with Gasteiger partial charge in [-0.2, -0.15) is 0 Å². The van der Waals surface area contributed by atoms with Crippen LogP contribution in [-0.2, 0) is 0 Å². The average Bonchev–Trinajstić information content (AvgIpc) is 2.09. The Morgan fingerprint density at radius 1 is 1.67 bits per heavy atom. The summed E-state index contributed by atoms with van der Waals surface area (Å²) in [6.45, 7) is 2.96. The molecule has 0 fully saturated rings. The Bertz CT molecular complexity index is 265. The summed E-state index contributed by atoms with van der Waals surface area (Å²) in [4.78, 5) is 4.07. The summed E-state index contributed by atoms with van der Waals surface area (Å²) in [7, 11) is 1.62. The molecule has 4 heteroatoms. The zero-order valence-electron chi connectivity index (χ0n) is 7.10. The van der Waals surface area contributed by atoms with Gasteiger partial charge >= 0.3 is 0 Å². The fourth-order valence-electron chi connectivity index (χ4n) is 0.857. The summed E-state index contributed by atoms with van der Waals surface area (Å²) < 4.78 is 6.11. The van der Waals surface area contributed by atoms with Gasteiger partial charge in [0.2, 0.25) is 5.88 Å². The normalized spacial score (nSPS) is 9.58. The number of ether oxygens (including phenoxy) is 1. The molecule has 1 heterocycles. The summed E-state index contributed by atoms with van der Waals surface area (Å²) in [5.74, 6) is 0.645. The molecule has 0 aliphatic carbocycles. The lowest BCUT2D eigenvalue weighted by molar-refractivity contribution is 0.398. The van der Waals surface area contributed by atoms with Crippen LogP contribution in [0.15, 0.2) is 12.3 Å². The minimum Gasteiger partial charge on any atom is -0.481 e. The molecule has 0 spiro atoms. The number of hydrogen-bond acceptors (Lipinski definition) is 3. The monoisotopic (exact) mass is 278 g/mol. The highest BCUT2D eigenvalue weighted by Gasteiger charge is 2.00. The minimum atomic E-state index is 0.645. The highest BCUT2D eigenvalue weighted by molar-refractivity contribution is 14.1. The number of halogens is 1. The fraction of sp³-hybridized carbons (Fsp3) is 0.375. The molecule has 0 amide bonds. The number of aromatic nitrogens is 1. The molecule has 1 rings (SSSR count). The van der Waals surface area contributed by atoms with Crippen LogP contribution in [0.5, 0.6) is 5.88 Å². The third-order valence-corrected chi connectivity index (χ3v) is 2.27. The second kappa shape index (κ2) is 4.49. The molecule has 1 aromatic rings. The molecule has 3 nitrogen and oxygen atoms in total. The van der Waals surface area contributed by atoms with Crippen LogP contribution >= 0.6 is 22.6 Å². The van der Waals surface area contributed by atoms with Gasteiger partial charge in [0.05, 0.1) is 16.4 Å². The molecule has 0 unspecified atom stereocenters. The smallest absolute Gasteiger partial charge is 0.215 e. The second-order valence-corrected chi connectivity index (χ2v) is 3.40. The van der Waals surface area contributed by atoms with E-state index in [9.17, 15) is 0 Å². The van der Waals surface area contributed by atoms with Crippen LogP contribution in [0.3, 0.4) is 0 Å². The molecule has 66 valence electrons. The Morgan fingerprint density at radius 3 is 3.00 bits per heavy atom. The van der Waals surface area contributed by atoms with E-state index in [1.54, 1.807) is 13.3 Å². The van der Waals surface area contributed by atoms with Crippen molar-refractivity contribution in [3.05, 3.63) is 15.8 Å². The zero-order valence-corrected chi connectivity index (χ0v) is 9.25. The first kappa shape index (κ1) is 9.57. The molecule has 12 heavy (non-hydrogen) atoms. The van der Waals surface area contributed by atoms with E-state index in [0.29, 0.717) is 5.88 Å². The van der Waals surface area contributed by atoms with Crippen molar-refractivity contribution in [2.75, 3.05) is 19.0 Å². The topological polar surface area (TPSA) is 34.1 Å². The third kappa shape index (κ3) is 2.23. The first-order valence-corrected chi connectivity index (χ1v) is 4.79. The lowest BCUT2D eigenvalue weighted by Gasteiger charge is -2.06. The highest BCUT2D eigenvalue weighted by atomic mass is 127. The Hall–Kier alpha value is -0.520. The van der Waals surface area contributed by atoms with E-state index in [4.69, 9.17) is 4.74 Å². The Morgan fingerprint density at radius 2 is 2.42 bits per heavy atom. The van der Waals surface area contributed by atoms with Crippen molar-refractivity contribution in [2.24, 2.45) is 0 Å². The van der Waals surface area contributed by atoms with Crippen LogP contribution < -0.4 is 10.1 Å². The van der Waals surface area contributed by atoms with Gasteiger partial charge in [-0.15, -0.1) is 0 Å². The van der Waals surface area contributed by atoms with Gasteiger partial charge in [-0.05, 0) is 29.5 Å². The maximum atomic E-state index is 5.00. The van der Waals surface area contributed by atoms with Crippen LogP contribution in [0.2, 0.25) is 0 Å². The van der Waals surface area contributed by atoms with Crippen molar-refractivity contribution in [2.45, 2.75) is 6.92 Å².